The molecular formula is C23H26N2O5. The van der Waals surface area contributed by atoms with Crippen molar-refractivity contribution >= 4 is 17.0 Å². The Morgan fingerprint density at radius 1 is 1.17 bits per heavy atom. The van der Waals surface area contributed by atoms with Gasteiger partial charge in [0.15, 0.2) is 5.58 Å². The fourth-order valence-corrected chi connectivity index (χ4v) is 4.24. The highest BCUT2D eigenvalue weighted by Crippen LogP contribution is 2.39. The summed E-state index contributed by atoms with van der Waals surface area (Å²) >= 11 is 0. The third-order valence-corrected chi connectivity index (χ3v) is 5.72. The lowest BCUT2D eigenvalue weighted by atomic mass is 10.0. The molecule has 1 amide bonds. The minimum absolute atomic E-state index is 0.00386. The van der Waals surface area contributed by atoms with E-state index in [1.165, 1.54) is 0 Å². The van der Waals surface area contributed by atoms with Gasteiger partial charge in [0.2, 0.25) is 5.91 Å². The Morgan fingerprint density at radius 2 is 2.00 bits per heavy atom. The van der Waals surface area contributed by atoms with E-state index in [1.54, 1.807) is 24.9 Å². The van der Waals surface area contributed by atoms with Crippen molar-refractivity contribution in [1.29, 1.82) is 0 Å². The van der Waals surface area contributed by atoms with Crippen LogP contribution >= 0.6 is 0 Å². The van der Waals surface area contributed by atoms with E-state index in [-0.39, 0.29) is 17.7 Å². The molecule has 30 heavy (non-hydrogen) atoms. The van der Waals surface area contributed by atoms with Crippen LogP contribution in [-0.2, 0) is 11.3 Å². The van der Waals surface area contributed by atoms with Crippen LogP contribution in [-0.4, -0.2) is 36.1 Å². The minimum atomic E-state index is -0.384. The molecule has 0 aliphatic carbocycles. The molecule has 2 heterocycles. The molecular weight excluding hydrogens is 384 g/mol. The number of hydrogen-bond donors (Lipinski definition) is 0. The van der Waals surface area contributed by atoms with Gasteiger partial charge in [-0.3, -0.25) is 9.36 Å². The van der Waals surface area contributed by atoms with Gasteiger partial charge in [-0.25, -0.2) is 4.79 Å². The summed E-state index contributed by atoms with van der Waals surface area (Å²) in [5, 5.41) is 0. The van der Waals surface area contributed by atoms with E-state index in [1.807, 2.05) is 41.3 Å². The molecule has 0 N–H and O–H groups in total. The molecule has 1 aromatic heterocycles. The molecule has 1 saturated heterocycles. The topological polar surface area (TPSA) is 73.9 Å². The Labute approximate surface area is 174 Å². The number of para-hydroxylation sites is 2. The van der Waals surface area contributed by atoms with E-state index in [9.17, 15) is 9.59 Å². The molecule has 1 atom stereocenters. The number of carbonyl (C=O) groups is 1. The van der Waals surface area contributed by atoms with Crippen LogP contribution in [0.3, 0.4) is 0 Å². The Hall–Kier alpha value is -3.22. The molecule has 1 aliphatic rings. The largest absolute Gasteiger partial charge is 0.497 e. The van der Waals surface area contributed by atoms with E-state index in [2.05, 4.69) is 0 Å². The maximum absolute atomic E-state index is 13.0. The summed E-state index contributed by atoms with van der Waals surface area (Å²) in [5.74, 6) is 1.17. The second kappa shape index (κ2) is 8.65. The van der Waals surface area contributed by atoms with Gasteiger partial charge in [-0.2, -0.15) is 0 Å². The first-order valence-corrected chi connectivity index (χ1v) is 10.2. The maximum Gasteiger partial charge on any atom is 0.419 e. The SMILES string of the molecule is COc1ccc(C2CCCN2C(=O)CCCn2c(=O)oc3ccccc32)c(OC)c1. The van der Waals surface area contributed by atoms with Crippen molar-refractivity contribution in [2.45, 2.75) is 38.3 Å². The predicted molar refractivity (Wildman–Crippen MR) is 113 cm³/mol. The van der Waals surface area contributed by atoms with Crippen molar-refractivity contribution in [3.05, 3.63) is 58.6 Å². The number of hydrogen-bond acceptors (Lipinski definition) is 5. The molecule has 0 saturated carbocycles. The average Bonchev–Trinajstić information content (AvgIpc) is 3.38. The highest BCUT2D eigenvalue weighted by Gasteiger charge is 2.31. The van der Waals surface area contributed by atoms with Crippen LogP contribution in [0.15, 0.2) is 51.7 Å². The summed E-state index contributed by atoms with van der Waals surface area (Å²) in [7, 11) is 3.25. The summed E-state index contributed by atoms with van der Waals surface area (Å²) in [6, 6.07) is 13.1. The van der Waals surface area contributed by atoms with Crippen LogP contribution in [0.25, 0.3) is 11.1 Å². The molecule has 0 bridgehead atoms. The Balaban J connectivity index is 1.44. The number of carbonyl (C=O) groups excluding carboxylic acids is 1. The van der Waals surface area contributed by atoms with Crippen molar-refractivity contribution in [1.82, 2.24) is 9.47 Å². The minimum Gasteiger partial charge on any atom is -0.497 e. The second-order valence-corrected chi connectivity index (χ2v) is 7.44. The first kappa shape index (κ1) is 20.1. The molecule has 1 aliphatic heterocycles. The zero-order valence-corrected chi connectivity index (χ0v) is 17.3. The van der Waals surface area contributed by atoms with Gasteiger partial charge in [0.05, 0.1) is 25.8 Å². The van der Waals surface area contributed by atoms with E-state index < -0.39 is 0 Å². The van der Waals surface area contributed by atoms with Gasteiger partial charge in [0.25, 0.3) is 0 Å². The lowest BCUT2D eigenvalue weighted by Gasteiger charge is -2.26. The second-order valence-electron chi connectivity index (χ2n) is 7.44. The highest BCUT2D eigenvalue weighted by molar-refractivity contribution is 5.77. The number of methoxy groups -OCH3 is 2. The van der Waals surface area contributed by atoms with Crippen LogP contribution in [0.2, 0.25) is 0 Å². The normalized spacial score (nSPS) is 16.2. The Kier molecular flexibility index (Phi) is 5.79. The number of aromatic nitrogens is 1. The zero-order valence-electron chi connectivity index (χ0n) is 17.3. The van der Waals surface area contributed by atoms with Gasteiger partial charge >= 0.3 is 5.76 Å². The number of fused-ring (bicyclic) bond motifs is 1. The van der Waals surface area contributed by atoms with Crippen LogP contribution in [0.4, 0.5) is 0 Å². The summed E-state index contributed by atoms with van der Waals surface area (Å²) in [6.07, 6.45) is 2.81. The van der Waals surface area contributed by atoms with Crippen molar-refractivity contribution in [3.63, 3.8) is 0 Å². The summed E-state index contributed by atoms with van der Waals surface area (Å²) in [6.45, 7) is 1.18. The molecule has 0 spiro atoms. The molecule has 4 rings (SSSR count). The molecule has 2 aromatic carbocycles. The van der Waals surface area contributed by atoms with Gasteiger partial charge in [-0.05, 0) is 43.5 Å². The molecule has 7 heteroatoms. The van der Waals surface area contributed by atoms with E-state index in [0.717, 1.165) is 42.0 Å². The van der Waals surface area contributed by atoms with Crippen molar-refractivity contribution < 1.29 is 18.7 Å². The van der Waals surface area contributed by atoms with Crippen LogP contribution in [0.5, 0.6) is 11.5 Å². The van der Waals surface area contributed by atoms with Gasteiger partial charge in [-0.1, -0.05) is 12.1 Å². The summed E-state index contributed by atoms with van der Waals surface area (Å²) in [5.41, 5.74) is 2.33. The number of aryl methyl sites for hydroxylation is 1. The number of likely N-dealkylation sites (tertiary alicyclic amines) is 1. The van der Waals surface area contributed by atoms with Crippen molar-refractivity contribution in [2.24, 2.45) is 0 Å². The average molecular weight is 410 g/mol. The van der Waals surface area contributed by atoms with E-state index in [4.69, 9.17) is 13.9 Å². The lowest BCUT2D eigenvalue weighted by Crippen LogP contribution is -2.31. The first-order valence-electron chi connectivity index (χ1n) is 10.2. The fraction of sp³-hybridized carbons (Fsp3) is 0.391. The van der Waals surface area contributed by atoms with Gasteiger partial charge < -0.3 is 18.8 Å². The number of nitrogens with zero attached hydrogens (tertiary/aromatic N) is 2. The van der Waals surface area contributed by atoms with Gasteiger partial charge in [-0.15, -0.1) is 0 Å². The van der Waals surface area contributed by atoms with Gasteiger partial charge in [0, 0.05) is 31.1 Å². The Bertz CT molecular complexity index is 1100. The molecule has 0 radical (unpaired) electrons. The number of rotatable bonds is 7. The van der Waals surface area contributed by atoms with E-state index >= 15 is 0 Å². The molecule has 3 aromatic rings. The monoisotopic (exact) mass is 410 g/mol. The van der Waals surface area contributed by atoms with Crippen LogP contribution in [0, 0.1) is 0 Å². The maximum atomic E-state index is 13.0. The number of ether oxygens (including phenoxy) is 2. The third kappa shape index (κ3) is 3.79. The number of amides is 1. The van der Waals surface area contributed by atoms with Crippen LogP contribution < -0.4 is 15.2 Å². The predicted octanol–water partition coefficient (Wildman–Crippen LogP) is 3.76. The fourth-order valence-electron chi connectivity index (χ4n) is 4.24. The zero-order chi connectivity index (χ0) is 21.1. The quantitative estimate of drug-likeness (QED) is 0.593. The van der Waals surface area contributed by atoms with Crippen LogP contribution in [0.1, 0.15) is 37.3 Å². The molecule has 7 nitrogen and oxygen atoms in total. The third-order valence-electron chi connectivity index (χ3n) is 5.72. The van der Waals surface area contributed by atoms with Gasteiger partial charge in [0.1, 0.15) is 11.5 Å². The van der Waals surface area contributed by atoms with E-state index in [0.29, 0.717) is 25.0 Å². The lowest BCUT2D eigenvalue weighted by molar-refractivity contribution is -0.132. The number of oxazole rings is 1. The molecule has 1 unspecified atom stereocenters. The van der Waals surface area contributed by atoms with Crippen molar-refractivity contribution in [3.8, 4) is 11.5 Å². The highest BCUT2D eigenvalue weighted by atomic mass is 16.5. The molecule has 1 fully saturated rings. The summed E-state index contributed by atoms with van der Waals surface area (Å²) < 4.78 is 17.7. The summed E-state index contributed by atoms with van der Waals surface area (Å²) in [4.78, 5) is 27.0. The van der Waals surface area contributed by atoms with Crippen molar-refractivity contribution in [2.75, 3.05) is 20.8 Å². The smallest absolute Gasteiger partial charge is 0.419 e. The molecule has 158 valence electrons. The standard InChI is InChI=1S/C23H26N2O5/c1-28-16-11-12-17(21(15-16)29-2)18-8-5-13-24(18)22(26)10-6-14-25-19-7-3-4-9-20(19)30-23(25)27/h3-4,7,9,11-12,15,18H,5-6,8,10,13-14H2,1-2H3. The Morgan fingerprint density at radius 3 is 2.80 bits per heavy atom. The number of benzene rings is 2. The first-order chi connectivity index (χ1) is 14.6.